The molecule has 0 unspecified atom stereocenters. The Morgan fingerprint density at radius 1 is 1.07 bits per heavy atom. The van der Waals surface area contributed by atoms with Gasteiger partial charge in [-0.25, -0.2) is 0 Å². The number of thioether (sulfide) groups is 1. The minimum absolute atomic E-state index is 0.144. The molecule has 0 saturated carbocycles. The lowest BCUT2D eigenvalue weighted by Gasteiger charge is -2.12. The zero-order chi connectivity index (χ0) is 20.8. The van der Waals surface area contributed by atoms with Crippen LogP contribution in [0.4, 0.5) is 5.69 Å². The standard InChI is InChI=1S/C20H21N3O5S/c1-12-6-5-7-14(8-12)21-17(24)11-29-20-23-22-19(28-20)13-9-15(25-2)18(27-4)16(10-13)26-3/h5-10H,11H2,1-4H3,(H,21,24). The highest BCUT2D eigenvalue weighted by atomic mass is 32.2. The van der Waals surface area contributed by atoms with E-state index in [4.69, 9.17) is 18.6 Å². The maximum absolute atomic E-state index is 12.1. The van der Waals surface area contributed by atoms with Crippen molar-refractivity contribution in [3.8, 4) is 28.7 Å². The van der Waals surface area contributed by atoms with Crippen molar-refractivity contribution < 1.29 is 23.4 Å². The van der Waals surface area contributed by atoms with Gasteiger partial charge in [0.15, 0.2) is 11.5 Å². The van der Waals surface area contributed by atoms with Crippen molar-refractivity contribution in [1.82, 2.24) is 10.2 Å². The van der Waals surface area contributed by atoms with Crippen molar-refractivity contribution >= 4 is 23.4 Å². The minimum atomic E-state index is -0.159. The number of aryl methyl sites for hydroxylation is 1. The second kappa shape index (κ2) is 9.33. The Hall–Kier alpha value is -3.20. The van der Waals surface area contributed by atoms with E-state index in [9.17, 15) is 4.79 Å². The number of hydrogen-bond acceptors (Lipinski definition) is 8. The van der Waals surface area contributed by atoms with E-state index < -0.39 is 0 Å². The highest BCUT2D eigenvalue weighted by molar-refractivity contribution is 7.99. The average molecular weight is 415 g/mol. The molecule has 0 bridgehead atoms. The van der Waals surface area contributed by atoms with Crippen molar-refractivity contribution in [2.24, 2.45) is 0 Å². The summed E-state index contributed by atoms with van der Waals surface area (Å²) in [6.45, 7) is 1.97. The molecule has 0 aliphatic rings. The van der Waals surface area contributed by atoms with E-state index in [1.54, 1.807) is 12.1 Å². The largest absolute Gasteiger partial charge is 0.493 e. The highest BCUT2D eigenvalue weighted by Gasteiger charge is 2.18. The van der Waals surface area contributed by atoms with Crippen molar-refractivity contribution in [2.45, 2.75) is 12.1 Å². The molecule has 2 aromatic carbocycles. The van der Waals surface area contributed by atoms with E-state index in [0.29, 0.717) is 22.8 Å². The van der Waals surface area contributed by atoms with Crippen LogP contribution in [0, 0.1) is 6.92 Å². The summed E-state index contributed by atoms with van der Waals surface area (Å²) in [5.41, 5.74) is 2.43. The molecule has 1 aromatic heterocycles. The first-order valence-corrected chi connectivity index (χ1v) is 9.65. The quantitative estimate of drug-likeness (QED) is 0.555. The molecule has 1 heterocycles. The summed E-state index contributed by atoms with van der Waals surface area (Å²) in [6.07, 6.45) is 0. The average Bonchev–Trinajstić information content (AvgIpc) is 3.20. The summed E-state index contributed by atoms with van der Waals surface area (Å²) >= 11 is 1.16. The van der Waals surface area contributed by atoms with Gasteiger partial charge in [0.25, 0.3) is 5.22 Å². The van der Waals surface area contributed by atoms with Crippen LogP contribution in [0.2, 0.25) is 0 Å². The molecule has 152 valence electrons. The maximum atomic E-state index is 12.1. The highest BCUT2D eigenvalue weighted by Crippen LogP contribution is 2.41. The molecule has 3 aromatic rings. The summed E-state index contributed by atoms with van der Waals surface area (Å²) in [4.78, 5) is 12.1. The molecule has 1 N–H and O–H groups in total. The van der Waals surface area contributed by atoms with Gasteiger partial charge in [0.1, 0.15) is 0 Å². The summed E-state index contributed by atoms with van der Waals surface area (Å²) in [5, 5.41) is 11.2. The third-order valence-electron chi connectivity index (χ3n) is 3.95. The lowest BCUT2D eigenvalue weighted by molar-refractivity contribution is -0.113. The molecule has 1 amide bonds. The summed E-state index contributed by atoms with van der Waals surface area (Å²) in [5.74, 6) is 1.70. The molecule has 9 heteroatoms. The summed E-state index contributed by atoms with van der Waals surface area (Å²) < 4.78 is 21.7. The molecular weight excluding hydrogens is 394 g/mol. The topological polar surface area (TPSA) is 95.7 Å². The molecule has 8 nitrogen and oxygen atoms in total. The van der Waals surface area contributed by atoms with Gasteiger partial charge in [-0.1, -0.05) is 23.9 Å². The summed E-state index contributed by atoms with van der Waals surface area (Å²) in [7, 11) is 4.59. The number of benzene rings is 2. The van der Waals surface area contributed by atoms with Crippen LogP contribution in [0.1, 0.15) is 5.56 Å². The number of aromatic nitrogens is 2. The number of carbonyl (C=O) groups is 1. The number of ether oxygens (including phenoxy) is 3. The third-order valence-corrected chi connectivity index (χ3v) is 4.77. The third kappa shape index (κ3) is 5.00. The van der Waals surface area contributed by atoms with Gasteiger partial charge in [-0.05, 0) is 36.8 Å². The van der Waals surface area contributed by atoms with Crippen LogP contribution in [-0.2, 0) is 4.79 Å². The van der Waals surface area contributed by atoms with E-state index in [2.05, 4.69) is 15.5 Å². The fraction of sp³-hybridized carbons (Fsp3) is 0.250. The molecule has 29 heavy (non-hydrogen) atoms. The van der Waals surface area contributed by atoms with Crippen molar-refractivity contribution in [3.63, 3.8) is 0 Å². The van der Waals surface area contributed by atoms with Gasteiger partial charge < -0.3 is 23.9 Å². The van der Waals surface area contributed by atoms with Crippen LogP contribution in [0.5, 0.6) is 17.2 Å². The number of nitrogens with zero attached hydrogens (tertiary/aromatic N) is 2. The van der Waals surface area contributed by atoms with Crippen LogP contribution in [-0.4, -0.2) is 43.2 Å². The molecule has 3 rings (SSSR count). The van der Waals surface area contributed by atoms with E-state index in [0.717, 1.165) is 23.0 Å². The number of hydrogen-bond donors (Lipinski definition) is 1. The molecule has 0 saturated heterocycles. The summed E-state index contributed by atoms with van der Waals surface area (Å²) in [6, 6.07) is 11.0. The van der Waals surface area contributed by atoms with Gasteiger partial charge in [0.2, 0.25) is 17.5 Å². The van der Waals surface area contributed by atoms with Crippen LogP contribution in [0.15, 0.2) is 46.0 Å². The number of carbonyl (C=O) groups excluding carboxylic acids is 1. The number of methoxy groups -OCH3 is 3. The SMILES string of the molecule is COc1cc(-c2nnc(SCC(=O)Nc3cccc(C)c3)o2)cc(OC)c1OC. The Kier molecular flexibility index (Phi) is 6.61. The molecule has 0 fully saturated rings. The van der Waals surface area contributed by atoms with Crippen LogP contribution in [0.3, 0.4) is 0 Å². The van der Waals surface area contributed by atoms with E-state index in [1.807, 2.05) is 31.2 Å². The van der Waals surface area contributed by atoms with Crippen LogP contribution >= 0.6 is 11.8 Å². The Bertz CT molecular complexity index is 980. The second-order valence-corrected chi connectivity index (χ2v) is 6.92. The van der Waals surface area contributed by atoms with Gasteiger partial charge in [-0.3, -0.25) is 4.79 Å². The maximum Gasteiger partial charge on any atom is 0.277 e. The number of anilines is 1. The molecule has 0 atom stereocenters. The molecule has 0 aliphatic carbocycles. The van der Waals surface area contributed by atoms with Crippen molar-refractivity contribution in [3.05, 3.63) is 42.0 Å². The fourth-order valence-electron chi connectivity index (χ4n) is 2.64. The van der Waals surface area contributed by atoms with E-state index in [-0.39, 0.29) is 22.8 Å². The van der Waals surface area contributed by atoms with Gasteiger partial charge in [-0.15, -0.1) is 10.2 Å². The van der Waals surface area contributed by atoms with Crippen LogP contribution in [0.25, 0.3) is 11.5 Å². The predicted molar refractivity (Wildman–Crippen MR) is 110 cm³/mol. The first kappa shape index (κ1) is 20.5. The lowest BCUT2D eigenvalue weighted by Crippen LogP contribution is -2.13. The molecular formula is C20H21N3O5S. The van der Waals surface area contributed by atoms with E-state index >= 15 is 0 Å². The van der Waals surface area contributed by atoms with Gasteiger partial charge in [0, 0.05) is 11.3 Å². The van der Waals surface area contributed by atoms with Gasteiger partial charge in [-0.2, -0.15) is 0 Å². The monoisotopic (exact) mass is 415 g/mol. The Morgan fingerprint density at radius 3 is 2.41 bits per heavy atom. The van der Waals surface area contributed by atoms with Gasteiger partial charge in [0.05, 0.1) is 27.1 Å². The normalized spacial score (nSPS) is 10.5. The lowest BCUT2D eigenvalue weighted by atomic mass is 10.2. The number of rotatable bonds is 8. The number of amides is 1. The van der Waals surface area contributed by atoms with Crippen molar-refractivity contribution in [1.29, 1.82) is 0 Å². The molecule has 0 spiro atoms. The zero-order valence-corrected chi connectivity index (χ0v) is 17.3. The van der Waals surface area contributed by atoms with E-state index in [1.165, 1.54) is 21.3 Å². The molecule has 0 radical (unpaired) electrons. The minimum Gasteiger partial charge on any atom is -0.493 e. The fourth-order valence-corrected chi connectivity index (χ4v) is 3.20. The Balaban J connectivity index is 1.68. The van der Waals surface area contributed by atoms with Crippen LogP contribution < -0.4 is 19.5 Å². The second-order valence-electron chi connectivity index (χ2n) is 5.99. The zero-order valence-electron chi connectivity index (χ0n) is 16.5. The predicted octanol–water partition coefficient (Wildman–Crippen LogP) is 3.80. The van der Waals surface area contributed by atoms with Crippen molar-refractivity contribution in [2.75, 3.05) is 32.4 Å². The first-order valence-electron chi connectivity index (χ1n) is 8.67. The first-order chi connectivity index (χ1) is 14.0. The number of nitrogens with one attached hydrogen (secondary N) is 1. The van der Waals surface area contributed by atoms with Gasteiger partial charge >= 0.3 is 0 Å². The Labute approximate surface area is 172 Å². The Morgan fingerprint density at radius 2 is 1.79 bits per heavy atom. The smallest absolute Gasteiger partial charge is 0.277 e. The molecule has 0 aliphatic heterocycles.